The first-order valence-corrected chi connectivity index (χ1v) is 6.89. The van der Waals surface area contributed by atoms with Crippen LogP contribution in [0.5, 0.6) is 0 Å². The van der Waals surface area contributed by atoms with E-state index < -0.39 is 0 Å². The summed E-state index contributed by atoms with van der Waals surface area (Å²) in [6.07, 6.45) is 8.00. The number of hydrogen-bond acceptors (Lipinski definition) is 2. The molecule has 0 amide bonds. The molecule has 0 radical (unpaired) electrons. The summed E-state index contributed by atoms with van der Waals surface area (Å²) in [5, 5.41) is 0.780. The van der Waals surface area contributed by atoms with Crippen molar-refractivity contribution in [3.63, 3.8) is 0 Å². The predicted molar refractivity (Wildman–Crippen MR) is 72.7 cm³/mol. The Labute approximate surface area is 109 Å². The maximum atomic E-state index is 5.90. The molecule has 1 saturated carbocycles. The third-order valence-corrected chi connectivity index (χ3v) is 4.02. The summed E-state index contributed by atoms with van der Waals surface area (Å²) in [4.78, 5) is 0. The van der Waals surface area contributed by atoms with Gasteiger partial charge in [0.2, 0.25) is 0 Å². The lowest BCUT2D eigenvalue weighted by molar-refractivity contribution is 0.301. The fourth-order valence-corrected chi connectivity index (χ4v) is 2.88. The van der Waals surface area contributed by atoms with E-state index in [0.717, 1.165) is 17.4 Å². The van der Waals surface area contributed by atoms with E-state index in [1.807, 2.05) is 12.1 Å². The first-order valence-electron chi connectivity index (χ1n) is 6.51. The average molecular weight is 253 g/mol. The molecule has 1 atom stereocenters. The molecule has 1 aliphatic rings. The molecule has 2 nitrogen and oxygen atoms in total. The van der Waals surface area contributed by atoms with Gasteiger partial charge in [-0.1, -0.05) is 55.8 Å². The van der Waals surface area contributed by atoms with Gasteiger partial charge < -0.3 is 0 Å². The van der Waals surface area contributed by atoms with Gasteiger partial charge in [0.25, 0.3) is 0 Å². The van der Waals surface area contributed by atoms with Gasteiger partial charge in [-0.05, 0) is 30.0 Å². The van der Waals surface area contributed by atoms with Crippen molar-refractivity contribution >= 4 is 11.6 Å². The molecule has 1 aromatic rings. The van der Waals surface area contributed by atoms with E-state index in [4.69, 9.17) is 17.4 Å². The SMILES string of the molecule is NNC(CC1CCCCC1)c1ccc(Cl)cc1. The van der Waals surface area contributed by atoms with Crippen LogP contribution in [0, 0.1) is 5.92 Å². The van der Waals surface area contributed by atoms with Crippen LogP contribution in [0.2, 0.25) is 5.02 Å². The number of hydrogen-bond donors (Lipinski definition) is 2. The quantitative estimate of drug-likeness (QED) is 0.632. The van der Waals surface area contributed by atoms with Crippen LogP contribution in [0.25, 0.3) is 0 Å². The van der Waals surface area contributed by atoms with Crippen molar-refractivity contribution in [2.45, 2.75) is 44.6 Å². The molecular weight excluding hydrogens is 232 g/mol. The van der Waals surface area contributed by atoms with Gasteiger partial charge >= 0.3 is 0 Å². The highest BCUT2D eigenvalue weighted by molar-refractivity contribution is 6.30. The molecule has 1 fully saturated rings. The third-order valence-electron chi connectivity index (χ3n) is 3.77. The molecule has 0 heterocycles. The average Bonchev–Trinajstić information content (AvgIpc) is 2.38. The molecule has 0 saturated heterocycles. The van der Waals surface area contributed by atoms with Crippen molar-refractivity contribution in [2.24, 2.45) is 11.8 Å². The van der Waals surface area contributed by atoms with Crippen molar-refractivity contribution in [1.82, 2.24) is 5.43 Å². The predicted octanol–water partition coefficient (Wildman–Crippen LogP) is 3.81. The molecule has 1 aromatic carbocycles. The molecular formula is C14H21ClN2. The lowest BCUT2D eigenvalue weighted by Crippen LogP contribution is -2.30. The fourth-order valence-electron chi connectivity index (χ4n) is 2.75. The summed E-state index contributed by atoms with van der Waals surface area (Å²) >= 11 is 5.90. The Morgan fingerprint density at radius 3 is 2.41 bits per heavy atom. The topological polar surface area (TPSA) is 38.0 Å². The van der Waals surface area contributed by atoms with E-state index >= 15 is 0 Å². The van der Waals surface area contributed by atoms with E-state index in [-0.39, 0.29) is 6.04 Å². The van der Waals surface area contributed by atoms with Crippen LogP contribution in [-0.4, -0.2) is 0 Å². The zero-order valence-electron chi connectivity index (χ0n) is 10.2. The van der Waals surface area contributed by atoms with Gasteiger partial charge in [0.05, 0.1) is 0 Å². The highest BCUT2D eigenvalue weighted by Crippen LogP contribution is 2.31. The summed E-state index contributed by atoms with van der Waals surface area (Å²) < 4.78 is 0. The highest BCUT2D eigenvalue weighted by atomic mass is 35.5. The first kappa shape index (κ1) is 12.9. The number of nitrogens with one attached hydrogen (secondary N) is 1. The maximum absolute atomic E-state index is 5.90. The zero-order valence-corrected chi connectivity index (χ0v) is 10.9. The number of nitrogens with two attached hydrogens (primary N) is 1. The van der Waals surface area contributed by atoms with Crippen molar-refractivity contribution in [3.8, 4) is 0 Å². The molecule has 0 aliphatic heterocycles. The molecule has 2 rings (SSSR count). The summed E-state index contributed by atoms with van der Waals surface area (Å²) in [7, 11) is 0. The third kappa shape index (κ3) is 3.70. The van der Waals surface area contributed by atoms with Crippen LogP contribution in [0.4, 0.5) is 0 Å². The van der Waals surface area contributed by atoms with Crippen molar-refractivity contribution in [1.29, 1.82) is 0 Å². The second-order valence-electron chi connectivity index (χ2n) is 5.01. The minimum atomic E-state index is 0.260. The van der Waals surface area contributed by atoms with E-state index in [1.54, 1.807) is 0 Å². The van der Waals surface area contributed by atoms with Crippen LogP contribution >= 0.6 is 11.6 Å². The van der Waals surface area contributed by atoms with Crippen LogP contribution in [0.3, 0.4) is 0 Å². The van der Waals surface area contributed by atoms with Gasteiger partial charge in [0, 0.05) is 11.1 Å². The lowest BCUT2D eigenvalue weighted by Gasteiger charge is -2.26. The maximum Gasteiger partial charge on any atom is 0.0462 e. The van der Waals surface area contributed by atoms with E-state index in [2.05, 4.69) is 17.6 Å². The zero-order chi connectivity index (χ0) is 12.1. The fraction of sp³-hybridized carbons (Fsp3) is 0.571. The number of rotatable bonds is 4. The standard InChI is InChI=1S/C14H21ClN2/c15-13-8-6-12(7-9-13)14(17-16)10-11-4-2-1-3-5-11/h6-9,11,14,17H,1-5,10,16H2. The Hall–Kier alpha value is -0.570. The number of halogens is 1. The van der Waals surface area contributed by atoms with Gasteiger partial charge in [0.1, 0.15) is 0 Å². The lowest BCUT2D eigenvalue weighted by atomic mass is 9.83. The molecule has 94 valence electrons. The Morgan fingerprint density at radius 1 is 1.18 bits per heavy atom. The van der Waals surface area contributed by atoms with Crippen molar-refractivity contribution < 1.29 is 0 Å². The highest BCUT2D eigenvalue weighted by Gasteiger charge is 2.19. The molecule has 0 aromatic heterocycles. The minimum Gasteiger partial charge on any atom is -0.271 e. The van der Waals surface area contributed by atoms with E-state index in [9.17, 15) is 0 Å². The Morgan fingerprint density at radius 2 is 1.82 bits per heavy atom. The van der Waals surface area contributed by atoms with Crippen molar-refractivity contribution in [2.75, 3.05) is 0 Å². The molecule has 0 spiro atoms. The first-order chi connectivity index (χ1) is 8.29. The van der Waals surface area contributed by atoms with E-state index in [1.165, 1.54) is 37.7 Å². The van der Waals surface area contributed by atoms with Gasteiger partial charge in [-0.3, -0.25) is 11.3 Å². The summed E-state index contributed by atoms with van der Waals surface area (Å²) in [6.45, 7) is 0. The second kappa shape index (κ2) is 6.39. The van der Waals surface area contributed by atoms with E-state index in [0.29, 0.717) is 0 Å². The van der Waals surface area contributed by atoms with Gasteiger partial charge in [0.15, 0.2) is 0 Å². The summed E-state index contributed by atoms with van der Waals surface area (Å²) in [6, 6.07) is 8.26. The largest absolute Gasteiger partial charge is 0.271 e. The molecule has 3 N–H and O–H groups in total. The van der Waals surface area contributed by atoms with Crippen LogP contribution in [0.1, 0.15) is 50.1 Å². The normalized spacial score (nSPS) is 19.2. The number of hydrazine groups is 1. The summed E-state index contributed by atoms with van der Waals surface area (Å²) in [5.74, 6) is 6.50. The Bertz CT molecular complexity index is 331. The van der Waals surface area contributed by atoms with Crippen molar-refractivity contribution in [3.05, 3.63) is 34.9 Å². The van der Waals surface area contributed by atoms with Crippen LogP contribution in [-0.2, 0) is 0 Å². The summed E-state index contributed by atoms with van der Waals surface area (Å²) in [5.41, 5.74) is 4.18. The number of benzene rings is 1. The Kier molecular flexibility index (Phi) is 4.84. The van der Waals surface area contributed by atoms with Crippen LogP contribution < -0.4 is 11.3 Å². The second-order valence-corrected chi connectivity index (χ2v) is 5.45. The van der Waals surface area contributed by atoms with Gasteiger partial charge in [-0.15, -0.1) is 0 Å². The monoisotopic (exact) mass is 252 g/mol. The molecule has 1 aliphatic carbocycles. The molecule has 17 heavy (non-hydrogen) atoms. The Balaban J connectivity index is 1.97. The smallest absolute Gasteiger partial charge is 0.0462 e. The molecule has 1 unspecified atom stereocenters. The molecule has 0 bridgehead atoms. The molecule has 3 heteroatoms. The van der Waals surface area contributed by atoms with Crippen LogP contribution in [0.15, 0.2) is 24.3 Å². The van der Waals surface area contributed by atoms with Gasteiger partial charge in [-0.25, -0.2) is 0 Å². The van der Waals surface area contributed by atoms with Gasteiger partial charge in [-0.2, -0.15) is 0 Å². The minimum absolute atomic E-state index is 0.260.